The molecule has 0 N–H and O–H groups in total. The highest BCUT2D eigenvalue weighted by molar-refractivity contribution is 6.30. The minimum Gasteiger partial charge on any atom is -0.452 e. The van der Waals surface area contributed by atoms with Crippen molar-refractivity contribution in [2.75, 3.05) is 56.7 Å². The summed E-state index contributed by atoms with van der Waals surface area (Å²) in [5, 5.41) is 11.9. The summed E-state index contributed by atoms with van der Waals surface area (Å²) in [5.41, 5.74) is 1.18. The molecule has 0 atom stereocenters. The monoisotopic (exact) mass is 446 g/mol. The van der Waals surface area contributed by atoms with Crippen molar-refractivity contribution >= 4 is 40.5 Å². The SMILES string of the molecule is CN(C)c1ccc(C(=O)OCC(=O)N2CCN(c3cccc(Cl)c3)CC2)cc1[N+](=O)[O-]. The van der Waals surface area contributed by atoms with Gasteiger partial charge in [0.15, 0.2) is 6.61 Å². The van der Waals surface area contributed by atoms with Crippen LogP contribution in [0.4, 0.5) is 17.1 Å². The molecule has 164 valence electrons. The molecule has 0 bridgehead atoms. The number of carbonyl (C=O) groups is 2. The molecule has 0 unspecified atom stereocenters. The van der Waals surface area contributed by atoms with Crippen molar-refractivity contribution in [2.24, 2.45) is 0 Å². The van der Waals surface area contributed by atoms with Crippen LogP contribution in [-0.2, 0) is 9.53 Å². The predicted octanol–water partition coefficient (Wildman–Crippen LogP) is 2.82. The lowest BCUT2D eigenvalue weighted by atomic mass is 10.1. The molecule has 1 fully saturated rings. The minimum atomic E-state index is -0.778. The van der Waals surface area contributed by atoms with Crippen LogP contribution < -0.4 is 9.80 Å². The maximum Gasteiger partial charge on any atom is 0.338 e. The lowest BCUT2D eigenvalue weighted by Gasteiger charge is -2.36. The Kier molecular flexibility index (Phi) is 6.96. The number of hydrogen-bond acceptors (Lipinski definition) is 7. The van der Waals surface area contributed by atoms with Gasteiger partial charge < -0.3 is 19.4 Å². The summed E-state index contributed by atoms with van der Waals surface area (Å²) in [6.07, 6.45) is 0. The van der Waals surface area contributed by atoms with E-state index in [0.717, 1.165) is 11.8 Å². The van der Waals surface area contributed by atoms with Crippen molar-refractivity contribution in [1.29, 1.82) is 0 Å². The third-order valence-corrected chi connectivity index (χ3v) is 5.26. The van der Waals surface area contributed by atoms with E-state index < -0.39 is 17.5 Å². The van der Waals surface area contributed by atoms with E-state index in [9.17, 15) is 19.7 Å². The fourth-order valence-electron chi connectivity index (χ4n) is 3.36. The molecule has 1 heterocycles. The standard InChI is InChI=1S/C21H23ClN4O5/c1-23(2)18-7-6-15(12-19(18)26(29)30)21(28)31-14-20(27)25-10-8-24(9-11-25)17-5-3-4-16(22)13-17/h3-7,12-13H,8-11,14H2,1-2H3. The van der Waals surface area contributed by atoms with Crippen LogP contribution in [-0.4, -0.2) is 68.6 Å². The van der Waals surface area contributed by atoms with Crippen molar-refractivity contribution < 1.29 is 19.2 Å². The molecule has 0 radical (unpaired) electrons. The number of nitro benzene ring substituents is 1. The van der Waals surface area contributed by atoms with Crippen LogP contribution >= 0.6 is 11.6 Å². The number of anilines is 2. The van der Waals surface area contributed by atoms with Gasteiger partial charge in [-0.3, -0.25) is 14.9 Å². The summed E-state index contributed by atoms with van der Waals surface area (Å²) in [4.78, 5) is 40.8. The summed E-state index contributed by atoms with van der Waals surface area (Å²) in [6.45, 7) is 1.84. The van der Waals surface area contributed by atoms with Gasteiger partial charge in [-0.15, -0.1) is 0 Å². The van der Waals surface area contributed by atoms with Crippen LogP contribution in [0.25, 0.3) is 0 Å². The number of carbonyl (C=O) groups excluding carboxylic acids is 2. The number of halogens is 1. The van der Waals surface area contributed by atoms with Crippen LogP contribution in [0.15, 0.2) is 42.5 Å². The molecule has 1 aliphatic rings. The predicted molar refractivity (Wildman–Crippen MR) is 118 cm³/mol. The minimum absolute atomic E-state index is 0.0240. The van der Waals surface area contributed by atoms with Gasteiger partial charge in [0.1, 0.15) is 5.69 Å². The number of rotatable bonds is 6. The molecule has 1 saturated heterocycles. The number of hydrogen-bond donors (Lipinski definition) is 0. The Morgan fingerprint density at radius 1 is 1.13 bits per heavy atom. The first kappa shape index (κ1) is 22.4. The molecule has 3 rings (SSSR count). The van der Waals surface area contributed by atoms with Crippen molar-refractivity contribution in [3.8, 4) is 0 Å². The van der Waals surface area contributed by atoms with Crippen molar-refractivity contribution in [1.82, 2.24) is 4.90 Å². The van der Waals surface area contributed by atoms with Crippen molar-refractivity contribution in [3.63, 3.8) is 0 Å². The summed E-state index contributed by atoms with van der Waals surface area (Å²) < 4.78 is 5.11. The normalized spacial score (nSPS) is 13.6. The Balaban J connectivity index is 1.55. The Bertz CT molecular complexity index is 989. The highest BCUT2D eigenvalue weighted by Gasteiger charge is 2.24. The van der Waals surface area contributed by atoms with Gasteiger partial charge in [0, 0.05) is 57.1 Å². The van der Waals surface area contributed by atoms with E-state index in [0.29, 0.717) is 36.9 Å². The van der Waals surface area contributed by atoms with Crippen LogP contribution in [0.1, 0.15) is 10.4 Å². The van der Waals surface area contributed by atoms with E-state index in [4.69, 9.17) is 16.3 Å². The summed E-state index contributed by atoms with van der Waals surface area (Å²) in [6, 6.07) is 11.6. The van der Waals surface area contributed by atoms with Crippen LogP contribution in [0.5, 0.6) is 0 Å². The number of nitro groups is 1. The Labute approximate surface area is 184 Å². The number of benzene rings is 2. The third kappa shape index (κ3) is 5.43. The van der Waals surface area contributed by atoms with Gasteiger partial charge in [-0.25, -0.2) is 4.79 Å². The molecule has 1 amide bonds. The molecule has 9 nitrogen and oxygen atoms in total. The zero-order chi connectivity index (χ0) is 22.5. The number of esters is 1. The average molecular weight is 447 g/mol. The van der Waals surface area contributed by atoms with Gasteiger partial charge in [-0.1, -0.05) is 17.7 Å². The van der Waals surface area contributed by atoms with E-state index in [1.54, 1.807) is 23.9 Å². The number of amides is 1. The van der Waals surface area contributed by atoms with E-state index in [-0.39, 0.29) is 17.2 Å². The van der Waals surface area contributed by atoms with Crippen molar-refractivity contribution in [3.05, 3.63) is 63.2 Å². The summed E-state index contributed by atoms with van der Waals surface area (Å²) in [5.74, 6) is -1.09. The zero-order valence-electron chi connectivity index (χ0n) is 17.3. The van der Waals surface area contributed by atoms with Gasteiger partial charge >= 0.3 is 5.97 Å². The molecule has 2 aromatic carbocycles. The molecule has 0 saturated carbocycles. The smallest absolute Gasteiger partial charge is 0.338 e. The van der Waals surface area contributed by atoms with E-state index in [1.807, 2.05) is 24.3 Å². The molecular weight excluding hydrogens is 424 g/mol. The van der Waals surface area contributed by atoms with E-state index in [1.165, 1.54) is 12.1 Å². The number of ether oxygens (including phenoxy) is 1. The molecule has 31 heavy (non-hydrogen) atoms. The molecule has 0 aliphatic carbocycles. The van der Waals surface area contributed by atoms with Gasteiger partial charge in [0.25, 0.3) is 11.6 Å². The first-order valence-electron chi connectivity index (χ1n) is 9.67. The van der Waals surface area contributed by atoms with E-state index in [2.05, 4.69) is 4.90 Å². The second kappa shape index (κ2) is 9.65. The first-order valence-corrected chi connectivity index (χ1v) is 10.0. The molecular formula is C21H23ClN4O5. The van der Waals surface area contributed by atoms with Crippen molar-refractivity contribution in [2.45, 2.75) is 0 Å². The second-order valence-corrected chi connectivity index (χ2v) is 7.72. The Morgan fingerprint density at radius 2 is 1.84 bits per heavy atom. The molecule has 1 aliphatic heterocycles. The topological polar surface area (TPSA) is 96.2 Å². The fourth-order valence-corrected chi connectivity index (χ4v) is 3.55. The highest BCUT2D eigenvalue weighted by Crippen LogP contribution is 2.28. The largest absolute Gasteiger partial charge is 0.452 e. The fraction of sp³-hybridized carbons (Fsp3) is 0.333. The van der Waals surface area contributed by atoms with Crippen LogP contribution in [0.2, 0.25) is 5.02 Å². The van der Waals surface area contributed by atoms with E-state index >= 15 is 0 Å². The third-order valence-electron chi connectivity index (χ3n) is 5.02. The van der Waals surface area contributed by atoms with Crippen LogP contribution in [0, 0.1) is 10.1 Å². The molecule has 0 aromatic heterocycles. The Morgan fingerprint density at radius 3 is 2.45 bits per heavy atom. The first-order chi connectivity index (χ1) is 14.8. The van der Waals surface area contributed by atoms with Gasteiger partial charge in [0.2, 0.25) is 0 Å². The van der Waals surface area contributed by atoms with Gasteiger partial charge in [0.05, 0.1) is 10.5 Å². The average Bonchev–Trinajstić information content (AvgIpc) is 2.76. The highest BCUT2D eigenvalue weighted by atomic mass is 35.5. The number of piperazine rings is 1. The quantitative estimate of drug-likeness (QED) is 0.382. The molecule has 0 spiro atoms. The summed E-state index contributed by atoms with van der Waals surface area (Å²) in [7, 11) is 3.34. The van der Waals surface area contributed by atoms with Crippen LogP contribution in [0.3, 0.4) is 0 Å². The van der Waals surface area contributed by atoms with Gasteiger partial charge in [-0.2, -0.15) is 0 Å². The second-order valence-electron chi connectivity index (χ2n) is 7.28. The molecule has 2 aromatic rings. The lowest BCUT2D eigenvalue weighted by molar-refractivity contribution is -0.384. The number of nitrogens with zero attached hydrogens (tertiary/aromatic N) is 4. The lowest BCUT2D eigenvalue weighted by Crippen LogP contribution is -2.49. The Hall–Kier alpha value is -3.33. The maximum absolute atomic E-state index is 12.4. The summed E-state index contributed by atoms with van der Waals surface area (Å²) >= 11 is 6.04. The maximum atomic E-state index is 12.4. The zero-order valence-corrected chi connectivity index (χ0v) is 18.0. The molecule has 10 heteroatoms. The van der Waals surface area contributed by atoms with Gasteiger partial charge in [-0.05, 0) is 30.3 Å².